The van der Waals surface area contributed by atoms with Gasteiger partial charge in [-0.15, -0.1) is 0 Å². The van der Waals surface area contributed by atoms with Gasteiger partial charge in [0, 0.05) is 13.2 Å². The van der Waals surface area contributed by atoms with E-state index < -0.39 is 0 Å². The lowest BCUT2D eigenvalue weighted by Gasteiger charge is -2.19. The summed E-state index contributed by atoms with van der Waals surface area (Å²) < 4.78 is 23.9. The molecule has 4 heteroatoms. The zero-order chi connectivity index (χ0) is 13.4. The molecule has 0 aliphatic carbocycles. The van der Waals surface area contributed by atoms with Crippen LogP contribution in [-0.2, 0) is 4.74 Å². The predicted octanol–water partition coefficient (Wildman–Crippen LogP) is 2.53. The number of ether oxygens (including phenoxy) is 2. The number of nitrogens with one attached hydrogen (secondary N) is 1. The summed E-state index contributed by atoms with van der Waals surface area (Å²) in [6.07, 6.45) is 1.05. The van der Waals surface area contributed by atoms with Gasteiger partial charge >= 0.3 is 0 Å². The van der Waals surface area contributed by atoms with Crippen molar-refractivity contribution in [3.8, 4) is 5.75 Å². The zero-order valence-corrected chi connectivity index (χ0v) is 11.3. The van der Waals surface area contributed by atoms with Crippen LogP contribution in [0.4, 0.5) is 4.39 Å². The smallest absolute Gasteiger partial charge is 0.126 e. The van der Waals surface area contributed by atoms with Gasteiger partial charge in [0.1, 0.15) is 18.2 Å². The van der Waals surface area contributed by atoms with Gasteiger partial charge in [0.15, 0.2) is 0 Å². The van der Waals surface area contributed by atoms with Crippen molar-refractivity contribution in [3.05, 3.63) is 29.6 Å². The van der Waals surface area contributed by atoms with Gasteiger partial charge in [0.2, 0.25) is 0 Å². The highest BCUT2D eigenvalue weighted by molar-refractivity contribution is 5.32. The molecule has 0 spiro atoms. The second-order valence-electron chi connectivity index (χ2n) is 4.33. The largest absolute Gasteiger partial charge is 0.491 e. The van der Waals surface area contributed by atoms with Crippen molar-refractivity contribution < 1.29 is 13.9 Å². The summed E-state index contributed by atoms with van der Waals surface area (Å²) in [6.45, 7) is 5.97. The molecule has 1 aromatic carbocycles. The van der Waals surface area contributed by atoms with Crippen LogP contribution >= 0.6 is 0 Å². The SMILES string of the molecule is CCCNC(COC)COc1cc(F)ccc1C. The van der Waals surface area contributed by atoms with E-state index in [9.17, 15) is 4.39 Å². The Hall–Kier alpha value is -1.13. The summed E-state index contributed by atoms with van der Waals surface area (Å²) in [5, 5.41) is 3.33. The molecule has 1 rings (SSSR count). The van der Waals surface area contributed by atoms with Gasteiger partial charge < -0.3 is 14.8 Å². The minimum atomic E-state index is -0.277. The van der Waals surface area contributed by atoms with E-state index in [4.69, 9.17) is 9.47 Å². The van der Waals surface area contributed by atoms with Crippen LogP contribution in [0.2, 0.25) is 0 Å². The zero-order valence-electron chi connectivity index (χ0n) is 11.3. The Kier molecular flexibility index (Phi) is 6.68. The first-order chi connectivity index (χ1) is 8.67. The quantitative estimate of drug-likeness (QED) is 0.774. The molecule has 0 saturated heterocycles. The standard InChI is InChI=1S/C14H22FNO2/c1-4-7-16-13(9-17-3)10-18-14-8-12(15)6-5-11(14)2/h5-6,8,13,16H,4,7,9-10H2,1-3H3. The fourth-order valence-electron chi connectivity index (χ4n) is 1.64. The number of methoxy groups -OCH3 is 1. The fraction of sp³-hybridized carbons (Fsp3) is 0.571. The molecule has 0 fully saturated rings. The van der Waals surface area contributed by atoms with Crippen LogP contribution in [0, 0.1) is 12.7 Å². The molecule has 1 aromatic rings. The molecule has 1 N–H and O–H groups in total. The van der Waals surface area contributed by atoms with Gasteiger partial charge in [-0.2, -0.15) is 0 Å². The summed E-state index contributed by atoms with van der Waals surface area (Å²) in [4.78, 5) is 0. The second kappa shape index (κ2) is 8.06. The average molecular weight is 255 g/mol. The molecule has 0 radical (unpaired) electrons. The minimum Gasteiger partial charge on any atom is -0.491 e. The molecule has 0 amide bonds. The first-order valence-electron chi connectivity index (χ1n) is 6.28. The van der Waals surface area contributed by atoms with Crippen molar-refractivity contribution in [1.29, 1.82) is 0 Å². The Morgan fingerprint density at radius 3 is 2.78 bits per heavy atom. The highest BCUT2D eigenvalue weighted by Crippen LogP contribution is 2.18. The van der Waals surface area contributed by atoms with Crippen molar-refractivity contribution in [2.24, 2.45) is 0 Å². The molecular formula is C14H22FNO2. The number of hydrogen-bond acceptors (Lipinski definition) is 3. The van der Waals surface area contributed by atoms with E-state index in [0.717, 1.165) is 18.5 Å². The van der Waals surface area contributed by atoms with Crippen LogP contribution in [0.5, 0.6) is 5.75 Å². The van der Waals surface area contributed by atoms with Gasteiger partial charge in [-0.05, 0) is 31.5 Å². The summed E-state index contributed by atoms with van der Waals surface area (Å²) in [6, 6.07) is 4.69. The van der Waals surface area contributed by atoms with E-state index in [0.29, 0.717) is 19.0 Å². The van der Waals surface area contributed by atoms with Crippen LogP contribution in [0.1, 0.15) is 18.9 Å². The first kappa shape index (κ1) is 14.9. The maximum atomic E-state index is 13.1. The molecule has 0 bridgehead atoms. The molecule has 0 saturated carbocycles. The van der Waals surface area contributed by atoms with Gasteiger partial charge in [0.25, 0.3) is 0 Å². The summed E-state index contributed by atoms with van der Waals surface area (Å²) in [5.74, 6) is 0.315. The van der Waals surface area contributed by atoms with Gasteiger partial charge in [-0.1, -0.05) is 13.0 Å². The Morgan fingerprint density at radius 1 is 1.33 bits per heavy atom. The molecule has 0 aliphatic heterocycles. The normalized spacial score (nSPS) is 12.4. The average Bonchev–Trinajstić information content (AvgIpc) is 2.36. The highest BCUT2D eigenvalue weighted by Gasteiger charge is 2.09. The van der Waals surface area contributed by atoms with Crippen LogP contribution in [0.25, 0.3) is 0 Å². The third kappa shape index (κ3) is 5.02. The molecule has 0 aliphatic rings. The molecule has 0 heterocycles. The van der Waals surface area contributed by atoms with Gasteiger partial charge in [-0.25, -0.2) is 4.39 Å². The molecule has 102 valence electrons. The van der Waals surface area contributed by atoms with E-state index in [1.807, 2.05) is 6.92 Å². The molecule has 3 nitrogen and oxygen atoms in total. The topological polar surface area (TPSA) is 30.5 Å². The van der Waals surface area contributed by atoms with Crippen molar-refractivity contribution in [1.82, 2.24) is 5.32 Å². The van der Waals surface area contributed by atoms with Crippen LogP contribution in [0.15, 0.2) is 18.2 Å². The Labute approximate surface area is 108 Å². The monoisotopic (exact) mass is 255 g/mol. The van der Waals surface area contributed by atoms with Crippen LogP contribution in [0.3, 0.4) is 0 Å². The van der Waals surface area contributed by atoms with Crippen molar-refractivity contribution in [2.75, 3.05) is 26.9 Å². The Bertz CT molecular complexity index is 358. The van der Waals surface area contributed by atoms with E-state index in [1.165, 1.54) is 12.1 Å². The second-order valence-corrected chi connectivity index (χ2v) is 4.33. The van der Waals surface area contributed by atoms with Crippen molar-refractivity contribution >= 4 is 0 Å². The lowest BCUT2D eigenvalue weighted by atomic mass is 10.2. The highest BCUT2D eigenvalue weighted by atomic mass is 19.1. The van der Waals surface area contributed by atoms with Gasteiger partial charge in [0.05, 0.1) is 12.6 Å². The van der Waals surface area contributed by atoms with E-state index in [1.54, 1.807) is 13.2 Å². The maximum absolute atomic E-state index is 13.1. The number of benzene rings is 1. The summed E-state index contributed by atoms with van der Waals surface area (Å²) in [7, 11) is 1.66. The van der Waals surface area contributed by atoms with Crippen LogP contribution < -0.4 is 10.1 Å². The Morgan fingerprint density at radius 2 is 2.11 bits per heavy atom. The van der Waals surface area contributed by atoms with Crippen LogP contribution in [-0.4, -0.2) is 32.9 Å². The fourth-order valence-corrected chi connectivity index (χ4v) is 1.64. The Balaban J connectivity index is 2.52. The predicted molar refractivity (Wildman–Crippen MR) is 70.6 cm³/mol. The van der Waals surface area contributed by atoms with E-state index >= 15 is 0 Å². The summed E-state index contributed by atoms with van der Waals surface area (Å²) >= 11 is 0. The number of halogens is 1. The number of rotatable bonds is 8. The van der Waals surface area contributed by atoms with Crippen molar-refractivity contribution in [2.45, 2.75) is 26.3 Å². The number of aryl methyl sites for hydroxylation is 1. The van der Waals surface area contributed by atoms with E-state index in [-0.39, 0.29) is 11.9 Å². The summed E-state index contributed by atoms with van der Waals surface area (Å²) in [5.41, 5.74) is 0.933. The minimum absolute atomic E-state index is 0.123. The molecular weight excluding hydrogens is 233 g/mol. The molecule has 1 atom stereocenters. The lowest BCUT2D eigenvalue weighted by molar-refractivity contribution is 0.136. The third-order valence-electron chi connectivity index (χ3n) is 2.64. The molecule has 1 unspecified atom stereocenters. The van der Waals surface area contributed by atoms with E-state index in [2.05, 4.69) is 12.2 Å². The third-order valence-corrected chi connectivity index (χ3v) is 2.64. The van der Waals surface area contributed by atoms with Crippen molar-refractivity contribution in [3.63, 3.8) is 0 Å². The number of hydrogen-bond donors (Lipinski definition) is 1. The van der Waals surface area contributed by atoms with Gasteiger partial charge in [-0.3, -0.25) is 0 Å². The lowest BCUT2D eigenvalue weighted by Crippen LogP contribution is -2.38. The molecule has 0 aromatic heterocycles. The maximum Gasteiger partial charge on any atom is 0.126 e. The first-order valence-corrected chi connectivity index (χ1v) is 6.28. The molecule has 18 heavy (non-hydrogen) atoms.